The lowest BCUT2D eigenvalue weighted by Gasteiger charge is -2.32. The minimum absolute atomic E-state index is 0.0174. The molecule has 1 aromatic carbocycles. The molecule has 5 nitrogen and oxygen atoms in total. The fourth-order valence-electron chi connectivity index (χ4n) is 1.81. The third kappa shape index (κ3) is 1.89. The number of ether oxygens (including phenoxy) is 1. The van der Waals surface area contributed by atoms with E-state index >= 15 is 0 Å². The van der Waals surface area contributed by atoms with Gasteiger partial charge in [-0.2, -0.15) is 5.26 Å². The highest BCUT2D eigenvalue weighted by molar-refractivity contribution is 6.00. The Morgan fingerprint density at radius 1 is 1.59 bits per heavy atom. The van der Waals surface area contributed by atoms with Gasteiger partial charge in [0.1, 0.15) is 18.0 Å². The molecule has 1 aliphatic heterocycles. The standard InChI is InChI=1S/C12H12N2O3/c1-2-10-12(16)14(6-5-13)9-4-3-8(15)7-11(9)17-10/h3-4,7,10,15H,2,6H2,1H3. The van der Waals surface area contributed by atoms with Crippen LogP contribution in [0.1, 0.15) is 13.3 Å². The minimum Gasteiger partial charge on any atom is -0.508 e. The third-order valence-electron chi connectivity index (χ3n) is 2.64. The van der Waals surface area contributed by atoms with Crippen LogP contribution in [0.2, 0.25) is 0 Å². The molecule has 1 N–H and O–H groups in total. The van der Waals surface area contributed by atoms with Gasteiger partial charge in [-0.3, -0.25) is 9.69 Å². The van der Waals surface area contributed by atoms with Gasteiger partial charge in [0, 0.05) is 6.07 Å². The predicted octanol–water partition coefficient (Wildman–Crippen LogP) is 1.42. The highest BCUT2D eigenvalue weighted by Crippen LogP contribution is 2.36. The number of amides is 1. The summed E-state index contributed by atoms with van der Waals surface area (Å²) in [5.74, 6) is 0.295. The Kier molecular flexibility index (Phi) is 2.88. The van der Waals surface area contributed by atoms with Crippen LogP contribution < -0.4 is 9.64 Å². The SMILES string of the molecule is CCC1Oc2cc(O)ccc2N(CC#N)C1=O. The van der Waals surface area contributed by atoms with Gasteiger partial charge in [-0.05, 0) is 18.6 Å². The Bertz CT molecular complexity index is 493. The van der Waals surface area contributed by atoms with Gasteiger partial charge in [0.2, 0.25) is 0 Å². The third-order valence-corrected chi connectivity index (χ3v) is 2.64. The van der Waals surface area contributed by atoms with Crippen LogP contribution in [0, 0.1) is 11.3 Å². The van der Waals surface area contributed by atoms with Crippen molar-refractivity contribution >= 4 is 11.6 Å². The molecule has 0 saturated carbocycles. The Morgan fingerprint density at radius 3 is 3.00 bits per heavy atom. The zero-order valence-electron chi connectivity index (χ0n) is 9.38. The smallest absolute Gasteiger partial charge is 0.269 e. The summed E-state index contributed by atoms with van der Waals surface area (Å²) in [6.07, 6.45) is -0.0618. The Morgan fingerprint density at radius 2 is 2.35 bits per heavy atom. The zero-order chi connectivity index (χ0) is 12.4. The van der Waals surface area contributed by atoms with Crippen molar-refractivity contribution in [2.75, 3.05) is 11.4 Å². The molecule has 0 aliphatic carbocycles. The summed E-state index contributed by atoms with van der Waals surface area (Å²) in [7, 11) is 0. The molecule has 0 bridgehead atoms. The first-order chi connectivity index (χ1) is 8.17. The molecule has 2 rings (SSSR count). The zero-order valence-corrected chi connectivity index (χ0v) is 9.38. The summed E-state index contributed by atoms with van der Waals surface area (Å²) in [4.78, 5) is 13.4. The van der Waals surface area contributed by atoms with E-state index in [0.717, 1.165) is 0 Å². The molecule has 17 heavy (non-hydrogen) atoms. The molecule has 0 aromatic heterocycles. The number of phenolic OH excluding ortho intramolecular Hbond substituents is 1. The van der Waals surface area contributed by atoms with E-state index < -0.39 is 6.10 Å². The molecule has 1 heterocycles. The van der Waals surface area contributed by atoms with E-state index in [-0.39, 0.29) is 18.2 Å². The van der Waals surface area contributed by atoms with Crippen molar-refractivity contribution in [3.8, 4) is 17.6 Å². The van der Waals surface area contributed by atoms with Crippen molar-refractivity contribution in [3.05, 3.63) is 18.2 Å². The van der Waals surface area contributed by atoms with Crippen molar-refractivity contribution in [3.63, 3.8) is 0 Å². The maximum absolute atomic E-state index is 12.0. The van der Waals surface area contributed by atoms with Gasteiger partial charge in [0.25, 0.3) is 5.91 Å². The summed E-state index contributed by atoms with van der Waals surface area (Å²) in [5, 5.41) is 18.1. The lowest BCUT2D eigenvalue weighted by atomic mass is 10.1. The van der Waals surface area contributed by atoms with Crippen molar-refractivity contribution in [2.45, 2.75) is 19.4 Å². The molecule has 1 unspecified atom stereocenters. The molecule has 1 atom stereocenters. The topological polar surface area (TPSA) is 73.6 Å². The number of carbonyl (C=O) groups excluding carboxylic acids is 1. The van der Waals surface area contributed by atoms with Crippen molar-refractivity contribution in [2.24, 2.45) is 0 Å². The van der Waals surface area contributed by atoms with Crippen LogP contribution in [-0.4, -0.2) is 23.7 Å². The lowest BCUT2D eigenvalue weighted by molar-refractivity contribution is -0.126. The normalized spacial score (nSPS) is 18.2. The Hall–Kier alpha value is -2.22. The molecule has 88 valence electrons. The maximum Gasteiger partial charge on any atom is 0.269 e. The van der Waals surface area contributed by atoms with Crippen molar-refractivity contribution in [1.82, 2.24) is 0 Å². The molecule has 0 spiro atoms. The fourth-order valence-corrected chi connectivity index (χ4v) is 1.81. The Labute approximate surface area is 98.8 Å². The predicted molar refractivity (Wildman–Crippen MR) is 60.8 cm³/mol. The summed E-state index contributed by atoms with van der Waals surface area (Å²) < 4.78 is 5.49. The fraction of sp³-hybridized carbons (Fsp3) is 0.333. The van der Waals surface area contributed by atoms with Crippen LogP contribution in [0.4, 0.5) is 5.69 Å². The first-order valence-electron chi connectivity index (χ1n) is 5.35. The van der Waals surface area contributed by atoms with Gasteiger partial charge in [-0.15, -0.1) is 0 Å². The summed E-state index contributed by atoms with van der Waals surface area (Å²) in [6.45, 7) is 1.82. The molecule has 5 heteroatoms. The minimum atomic E-state index is -0.586. The molecule has 0 saturated heterocycles. The van der Waals surface area contributed by atoms with E-state index in [9.17, 15) is 9.90 Å². The highest BCUT2D eigenvalue weighted by atomic mass is 16.5. The second kappa shape index (κ2) is 4.34. The number of benzene rings is 1. The van der Waals surface area contributed by atoms with Gasteiger partial charge >= 0.3 is 0 Å². The van der Waals surface area contributed by atoms with Crippen LogP contribution in [0.15, 0.2) is 18.2 Å². The number of fused-ring (bicyclic) bond motifs is 1. The van der Waals surface area contributed by atoms with Crippen LogP contribution in [0.25, 0.3) is 0 Å². The van der Waals surface area contributed by atoms with Crippen LogP contribution in [0.5, 0.6) is 11.5 Å². The number of hydrogen-bond acceptors (Lipinski definition) is 4. The number of anilines is 1. The van der Waals surface area contributed by atoms with Gasteiger partial charge in [0.15, 0.2) is 6.10 Å². The van der Waals surface area contributed by atoms with Crippen LogP contribution >= 0.6 is 0 Å². The number of carbonyl (C=O) groups is 1. The molecule has 0 fully saturated rings. The number of nitriles is 1. The van der Waals surface area contributed by atoms with E-state index in [1.54, 1.807) is 6.07 Å². The van der Waals surface area contributed by atoms with E-state index in [4.69, 9.17) is 10.00 Å². The van der Waals surface area contributed by atoms with E-state index in [1.165, 1.54) is 17.0 Å². The van der Waals surface area contributed by atoms with Crippen molar-refractivity contribution in [1.29, 1.82) is 5.26 Å². The second-order valence-corrected chi connectivity index (χ2v) is 3.75. The Balaban J connectivity index is 2.46. The first-order valence-corrected chi connectivity index (χ1v) is 5.35. The van der Waals surface area contributed by atoms with Gasteiger partial charge in [-0.1, -0.05) is 6.92 Å². The van der Waals surface area contributed by atoms with Gasteiger partial charge in [-0.25, -0.2) is 0 Å². The number of nitrogens with zero attached hydrogens (tertiary/aromatic N) is 2. The largest absolute Gasteiger partial charge is 0.508 e. The molecular weight excluding hydrogens is 220 g/mol. The number of rotatable bonds is 2. The van der Waals surface area contributed by atoms with E-state index in [0.29, 0.717) is 17.9 Å². The quantitative estimate of drug-likeness (QED) is 0.782. The highest BCUT2D eigenvalue weighted by Gasteiger charge is 2.33. The molecule has 1 aliphatic rings. The molecular formula is C12H12N2O3. The maximum atomic E-state index is 12.0. The van der Waals surface area contributed by atoms with E-state index in [1.807, 2.05) is 13.0 Å². The summed E-state index contributed by atoms with van der Waals surface area (Å²) in [5.41, 5.74) is 0.527. The monoisotopic (exact) mass is 232 g/mol. The number of aromatic hydroxyl groups is 1. The number of hydrogen-bond donors (Lipinski definition) is 1. The molecule has 0 radical (unpaired) electrons. The van der Waals surface area contributed by atoms with Gasteiger partial charge < -0.3 is 9.84 Å². The molecule has 1 aromatic rings. The van der Waals surface area contributed by atoms with Gasteiger partial charge in [0.05, 0.1) is 11.8 Å². The van der Waals surface area contributed by atoms with Crippen molar-refractivity contribution < 1.29 is 14.6 Å². The average molecular weight is 232 g/mol. The summed E-state index contributed by atoms with van der Waals surface area (Å²) >= 11 is 0. The summed E-state index contributed by atoms with van der Waals surface area (Å²) in [6, 6.07) is 6.45. The first kappa shape index (κ1) is 11.3. The lowest BCUT2D eigenvalue weighted by Crippen LogP contribution is -2.45. The van der Waals surface area contributed by atoms with Crippen LogP contribution in [0.3, 0.4) is 0 Å². The number of phenols is 1. The van der Waals surface area contributed by atoms with Crippen LogP contribution in [-0.2, 0) is 4.79 Å². The molecule has 1 amide bonds. The average Bonchev–Trinajstić information content (AvgIpc) is 2.32. The van der Waals surface area contributed by atoms with E-state index in [2.05, 4.69) is 0 Å². The second-order valence-electron chi connectivity index (χ2n) is 3.75.